The molecule has 0 aliphatic carbocycles. The van der Waals surface area contributed by atoms with Gasteiger partial charge in [-0.1, -0.05) is 11.6 Å². The molecule has 0 aromatic rings. The highest BCUT2D eigenvalue weighted by Crippen LogP contribution is 2.15. The lowest BCUT2D eigenvalue weighted by atomic mass is 10.2. The van der Waals surface area contributed by atoms with Crippen molar-refractivity contribution in [2.75, 3.05) is 33.7 Å². The van der Waals surface area contributed by atoms with Crippen LogP contribution in [0.15, 0.2) is 15.7 Å². The smallest absolute Gasteiger partial charge is 0.270 e. The molecule has 0 radical (unpaired) electrons. The minimum absolute atomic E-state index is 0.0658. The average molecular weight is 287 g/mol. The number of hydrogen-bond donors (Lipinski definition) is 1. The minimum atomic E-state index is -0.284. The molecule has 1 rings (SSSR count). The molecule has 1 heterocycles. The molecule has 0 bridgehead atoms. The predicted molar refractivity (Wildman–Crippen MR) is 79.4 cm³/mol. The highest BCUT2D eigenvalue weighted by atomic mass is 35.5. The zero-order chi connectivity index (χ0) is 14.6. The van der Waals surface area contributed by atoms with Gasteiger partial charge in [-0.05, 0) is 20.3 Å². The number of hydrogen-bond acceptors (Lipinski definition) is 4. The van der Waals surface area contributed by atoms with E-state index in [2.05, 4.69) is 23.7 Å². The second-order valence-corrected chi connectivity index (χ2v) is 5.55. The van der Waals surface area contributed by atoms with E-state index in [1.54, 1.807) is 14.1 Å². The monoisotopic (exact) mass is 286 g/mol. The molecule has 1 aliphatic heterocycles. The molecule has 108 valence electrons. The lowest BCUT2D eigenvalue weighted by molar-refractivity contribution is -0.124. The molecule has 0 saturated heterocycles. The number of carbonyl (C=O) groups excluding carboxylic acids is 1. The summed E-state index contributed by atoms with van der Waals surface area (Å²) in [6.45, 7) is 6.61. The maximum atomic E-state index is 11.8. The molecule has 0 saturated carbocycles. The molecule has 2 N–H and O–H groups in total. The highest BCUT2D eigenvalue weighted by molar-refractivity contribution is 6.45. The van der Waals surface area contributed by atoms with Gasteiger partial charge in [0.15, 0.2) is 0 Å². The van der Waals surface area contributed by atoms with Gasteiger partial charge in [0.1, 0.15) is 5.70 Å². The summed E-state index contributed by atoms with van der Waals surface area (Å²) in [7, 11) is 3.30. The van der Waals surface area contributed by atoms with Gasteiger partial charge in [-0.2, -0.15) is 0 Å². The lowest BCUT2D eigenvalue weighted by Crippen LogP contribution is -2.36. The third-order valence-corrected chi connectivity index (χ3v) is 3.54. The number of aliphatic imine (C=N–C) groups is 1. The molecule has 0 unspecified atom stereocenters. The Labute approximate surface area is 120 Å². The van der Waals surface area contributed by atoms with Crippen LogP contribution in [-0.4, -0.2) is 61.2 Å². The van der Waals surface area contributed by atoms with Gasteiger partial charge < -0.3 is 10.6 Å². The molecule has 0 spiro atoms. The van der Waals surface area contributed by atoms with E-state index in [1.807, 2.05) is 0 Å². The molecule has 1 aliphatic rings. The second kappa shape index (κ2) is 6.91. The summed E-state index contributed by atoms with van der Waals surface area (Å²) in [5.74, 6) is -0.284. The lowest BCUT2D eigenvalue weighted by Gasteiger charge is -2.25. The number of nitrogens with zero attached hydrogens (tertiary/aromatic N) is 3. The molecule has 0 fully saturated rings. The van der Waals surface area contributed by atoms with Crippen LogP contribution in [0, 0.1) is 0 Å². The van der Waals surface area contributed by atoms with Crippen molar-refractivity contribution in [3.05, 3.63) is 10.7 Å². The van der Waals surface area contributed by atoms with Crippen molar-refractivity contribution in [2.45, 2.75) is 26.3 Å². The number of nitrogens with two attached hydrogens (primary N) is 1. The fourth-order valence-electron chi connectivity index (χ4n) is 1.88. The van der Waals surface area contributed by atoms with Gasteiger partial charge in [-0.3, -0.25) is 14.7 Å². The predicted octanol–water partition coefficient (Wildman–Crippen LogP) is 1.04. The highest BCUT2D eigenvalue weighted by Gasteiger charge is 2.21. The molecular formula is C13H23ClN4O. The Morgan fingerprint density at radius 2 is 2.11 bits per heavy atom. The molecule has 0 atom stereocenters. The van der Waals surface area contributed by atoms with Gasteiger partial charge in [-0.15, -0.1) is 0 Å². The zero-order valence-electron chi connectivity index (χ0n) is 12.1. The van der Waals surface area contributed by atoms with Crippen molar-refractivity contribution >= 4 is 23.2 Å². The Morgan fingerprint density at radius 3 is 2.63 bits per heavy atom. The Bertz CT molecular complexity index is 401. The Kier molecular flexibility index (Phi) is 5.82. The maximum absolute atomic E-state index is 11.8. The zero-order valence-corrected chi connectivity index (χ0v) is 12.9. The summed E-state index contributed by atoms with van der Waals surface area (Å²) in [5, 5.41) is 0.284. The maximum Gasteiger partial charge on any atom is 0.270 e. The van der Waals surface area contributed by atoms with Gasteiger partial charge in [0.05, 0.1) is 10.7 Å². The third kappa shape index (κ3) is 4.21. The van der Waals surface area contributed by atoms with Crippen molar-refractivity contribution in [2.24, 2.45) is 10.7 Å². The molecule has 5 nitrogen and oxygen atoms in total. The minimum Gasteiger partial charge on any atom is -0.393 e. The molecule has 6 heteroatoms. The molecular weight excluding hydrogens is 264 g/mol. The van der Waals surface area contributed by atoms with Crippen molar-refractivity contribution < 1.29 is 4.79 Å². The van der Waals surface area contributed by atoms with Crippen LogP contribution in [0.1, 0.15) is 20.3 Å². The first-order chi connectivity index (χ1) is 8.84. The summed E-state index contributed by atoms with van der Waals surface area (Å²) in [5.41, 5.74) is 6.60. The molecule has 19 heavy (non-hydrogen) atoms. The topological polar surface area (TPSA) is 61.9 Å². The first kappa shape index (κ1) is 16.0. The Morgan fingerprint density at radius 1 is 1.47 bits per heavy atom. The van der Waals surface area contributed by atoms with Crippen LogP contribution in [0.5, 0.6) is 0 Å². The van der Waals surface area contributed by atoms with E-state index in [-0.39, 0.29) is 16.6 Å². The SMILES string of the molecule is CC(C)N1CCCN=C(/C(Cl)=C(\N)C(=O)N(C)C)C1. The number of likely N-dealkylation sites (N-methyl/N-ethyl adjacent to an activating group) is 1. The number of amides is 1. The normalized spacial score (nSPS) is 18.7. The number of rotatable bonds is 3. The van der Waals surface area contributed by atoms with E-state index in [1.165, 1.54) is 4.90 Å². The summed E-state index contributed by atoms with van der Waals surface area (Å²) >= 11 is 6.24. The van der Waals surface area contributed by atoms with Crippen LogP contribution in [0.25, 0.3) is 0 Å². The van der Waals surface area contributed by atoms with Crippen LogP contribution in [0.2, 0.25) is 0 Å². The van der Waals surface area contributed by atoms with Crippen LogP contribution >= 0.6 is 11.6 Å². The second-order valence-electron chi connectivity index (χ2n) is 5.17. The van der Waals surface area contributed by atoms with E-state index in [0.717, 1.165) is 19.5 Å². The average Bonchev–Trinajstić information content (AvgIpc) is 2.61. The van der Waals surface area contributed by atoms with Crippen LogP contribution < -0.4 is 5.73 Å². The standard InChI is InChI=1S/C13H23ClN4O/c1-9(2)18-7-5-6-16-10(8-18)11(14)12(15)13(19)17(3)4/h9H,5-8,15H2,1-4H3/b12-11+. The Hall–Kier alpha value is -1.07. The van der Waals surface area contributed by atoms with Crippen LogP contribution in [0.4, 0.5) is 0 Å². The number of halogens is 1. The third-order valence-electron chi connectivity index (χ3n) is 3.12. The van der Waals surface area contributed by atoms with Crippen molar-refractivity contribution in [1.29, 1.82) is 0 Å². The van der Waals surface area contributed by atoms with E-state index in [0.29, 0.717) is 18.3 Å². The Balaban J connectivity index is 2.96. The largest absolute Gasteiger partial charge is 0.393 e. The van der Waals surface area contributed by atoms with E-state index >= 15 is 0 Å². The first-order valence-electron chi connectivity index (χ1n) is 6.49. The van der Waals surface area contributed by atoms with Crippen molar-refractivity contribution in [3.63, 3.8) is 0 Å². The van der Waals surface area contributed by atoms with E-state index in [4.69, 9.17) is 17.3 Å². The fourth-order valence-corrected chi connectivity index (χ4v) is 2.08. The summed E-state index contributed by atoms with van der Waals surface area (Å²) < 4.78 is 0. The summed E-state index contributed by atoms with van der Waals surface area (Å²) in [6, 6.07) is 0.415. The first-order valence-corrected chi connectivity index (χ1v) is 6.87. The van der Waals surface area contributed by atoms with Gasteiger partial charge in [-0.25, -0.2) is 0 Å². The van der Waals surface area contributed by atoms with Crippen molar-refractivity contribution in [3.8, 4) is 0 Å². The van der Waals surface area contributed by atoms with Gasteiger partial charge in [0.2, 0.25) is 0 Å². The van der Waals surface area contributed by atoms with E-state index in [9.17, 15) is 4.79 Å². The van der Waals surface area contributed by atoms with Crippen LogP contribution in [0.3, 0.4) is 0 Å². The summed E-state index contributed by atoms with van der Waals surface area (Å²) in [6.07, 6.45) is 0.993. The molecule has 0 aromatic heterocycles. The van der Waals surface area contributed by atoms with Crippen molar-refractivity contribution in [1.82, 2.24) is 9.80 Å². The quantitative estimate of drug-likeness (QED) is 0.789. The van der Waals surface area contributed by atoms with Gasteiger partial charge in [0, 0.05) is 39.8 Å². The van der Waals surface area contributed by atoms with E-state index < -0.39 is 0 Å². The molecule has 1 amide bonds. The summed E-state index contributed by atoms with van der Waals surface area (Å²) in [4.78, 5) is 20.0. The van der Waals surface area contributed by atoms with Gasteiger partial charge >= 0.3 is 0 Å². The number of carbonyl (C=O) groups is 1. The molecule has 0 aromatic carbocycles. The van der Waals surface area contributed by atoms with Crippen LogP contribution in [-0.2, 0) is 4.79 Å². The fraction of sp³-hybridized carbons (Fsp3) is 0.692. The van der Waals surface area contributed by atoms with Gasteiger partial charge in [0.25, 0.3) is 5.91 Å².